The lowest BCUT2D eigenvalue weighted by atomic mass is 10.1. The van der Waals surface area contributed by atoms with Crippen LogP contribution < -0.4 is 0 Å². The minimum Gasteiger partial charge on any atom is -0.462 e. The molecule has 1 atom stereocenters. The van der Waals surface area contributed by atoms with Crippen molar-refractivity contribution >= 4 is 17.9 Å². The van der Waals surface area contributed by atoms with Crippen molar-refractivity contribution < 1.29 is 28.6 Å². The van der Waals surface area contributed by atoms with Crippen molar-refractivity contribution in [1.82, 2.24) is 0 Å². The van der Waals surface area contributed by atoms with Crippen molar-refractivity contribution in [3.05, 3.63) is 72.9 Å². The molecule has 0 heterocycles. The van der Waals surface area contributed by atoms with Crippen molar-refractivity contribution in [2.24, 2.45) is 0 Å². The molecule has 0 bridgehead atoms. The maximum absolute atomic E-state index is 12.8. The zero-order chi connectivity index (χ0) is 45.1. The van der Waals surface area contributed by atoms with Gasteiger partial charge in [-0.2, -0.15) is 0 Å². The molecule has 0 fully saturated rings. The highest BCUT2D eigenvalue weighted by Gasteiger charge is 2.19. The summed E-state index contributed by atoms with van der Waals surface area (Å²) in [7, 11) is 0. The fourth-order valence-corrected chi connectivity index (χ4v) is 6.99. The van der Waals surface area contributed by atoms with Crippen molar-refractivity contribution in [1.29, 1.82) is 0 Å². The van der Waals surface area contributed by atoms with Crippen molar-refractivity contribution in [3.8, 4) is 0 Å². The molecule has 0 rings (SSSR count). The van der Waals surface area contributed by atoms with E-state index in [0.29, 0.717) is 19.3 Å². The summed E-state index contributed by atoms with van der Waals surface area (Å²) in [6, 6.07) is 0. The second-order valence-corrected chi connectivity index (χ2v) is 17.2. The average Bonchev–Trinajstić information content (AvgIpc) is 3.27. The van der Waals surface area contributed by atoms with Crippen LogP contribution in [0.25, 0.3) is 0 Å². The first-order valence-corrected chi connectivity index (χ1v) is 26.0. The first-order valence-electron chi connectivity index (χ1n) is 26.0. The van der Waals surface area contributed by atoms with Crippen LogP contribution in [0.2, 0.25) is 0 Å². The van der Waals surface area contributed by atoms with E-state index < -0.39 is 6.10 Å². The molecule has 0 spiro atoms. The maximum Gasteiger partial charge on any atom is 0.306 e. The Labute approximate surface area is 382 Å². The molecule has 0 radical (unpaired) electrons. The van der Waals surface area contributed by atoms with E-state index in [1.807, 2.05) is 0 Å². The number of hydrogen-bond donors (Lipinski definition) is 0. The zero-order valence-electron chi connectivity index (χ0n) is 40.6. The van der Waals surface area contributed by atoms with Gasteiger partial charge in [-0.05, 0) is 89.9 Å². The van der Waals surface area contributed by atoms with Gasteiger partial charge in [0.05, 0.1) is 0 Å². The lowest BCUT2D eigenvalue weighted by molar-refractivity contribution is -0.167. The Morgan fingerprint density at radius 3 is 0.952 bits per heavy atom. The third-order valence-corrected chi connectivity index (χ3v) is 11.0. The second-order valence-electron chi connectivity index (χ2n) is 17.2. The predicted molar refractivity (Wildman–Crippen MR) is 265 cm³/mol. The number of allylic oxidation sites excluding steroid dienone is 12. The molecule has 0 saturated heterocycles. The van der Waals surface area contributed by atoms with Gasteiger partial charge in [0, 0.05) is 19.3 Å². The average molecular weight is 865 g/mol. The number of rotatable bonds is 46. The Morgan fingerprint density at radius 2 is 0.581 bits per heavy atom. The molecule has 6 heteroatoms. The van der Waals surface area contributed by atoms with E-state index in [9.17, 15) is 14.4 Å². The molecule has 0 aromatic carbocycles. The highest BCUT2D eigenvalue weighted by Crippen LogP contribution is 2.13. The Hall–Kier alpha value is -3.15. The molecule has 0 N–H and O–H groups in total. The number of hydrogen-bond acceptors (Lipinski definition) is 6. The van der Waals surface area contributed by atoms with Gasteiger partial charge in [0.15, 0.2) is 6.10 Å². The number of esters is 3. The minimum absolute atomic E-state index is 0.0972. The van der Waals surface area contributed by atoms with E-state index in [4.69, 9.17) is 14.2 Å². The number of ether oxygens (including phenoxy) is 3. The normalized spacial score (nSPS) is 12.6. The molecular weight excluding hydrogens is 769 g/mol. The third-order valence-electron chi connectivity index (χ3n) is 11.0. The molecule has 0 aliphatic rings. The molecule has 0 aromatic heterocycles. The molecular formula is C56H96O6. The number of carbonyl (C=O) groups is 3. The van der Waals surface area contributed by atoms with Crippen molar-refractivity contribution in [2.75, 3.05) is 13.2 Å². The van der Waals surface area contributed by atoms with Crippen LogP contribution in [0.1, 0.15) is 245 Å². The fourth-order valence-electron chi connectivity index (χ4n) is 6.99. The van der Waals surface area contributed by atoms with Crippen LogP contribution in [0.4, 0.5) is 0 Å². The smallest absolute Gasteiger partial charge is 0.306 e. The van der Waals surface area contributed by atoms with Crippen LogP contribution in [0.15, 0.2) is 72.9 Å². The fraction of sp³-hybridized carbons (Fsp3) is 0.732. The van der Waals surface area contributed by atoms with Crippen LogP contribution in [0.5, 0.6) is 0 Å². The highest BCUT2D eigenvalue weighted by molar-refractivity contribution is 5.71. The van der Waals surface area contributed by atoms with E-state index >= 15 is 0 Å². The summed E-state index contributed by atoms with van der Waals surface area (Å²) < 4.78 is 16.7. The molecule has 0 amide bonds. The SMILES string of the molecule is CCCC/C=C\C=C/CCCCCC(=O)OCC(COC(=O)CCCCCCC/C=C\C=C/CCCCCCCCC)OC(=O)CCCCCCCC/C=C\C=C/CCCCC. The lowest BCUT2D eigenvalue weighted by Gasteiger charge is -2.18. The summed E-state index contributed by atoms with van der Waals surface area (Å²) in [5.74, 6) is -0.951. The van der Waals surface area contributed by atoms with Crippen LogP contribution in [0, 0.1) is 0 Å². The summed E-state index contributed by atoms with van der Waals surface area (Å²) in [6.07, 6.45) is 63.1. The number of unbranched alkanes of at least 4 members (excludes halogenated alkanes) is 26. The van der Waals surface area contributed by atoms with Crippen molar-refractivity contribution in [3.63, 3.8) is 0 Å². The van der Waals surface area contributed by atoms with Crippen LogP contribution >= 0.6 is 0 Å². The first-order chi connectivity index (χ1) is 30.5. The highest BCUT2D eigenvalue weighted by atomic mass is 16.6. The van der Waals surface area contributed by atoms with Crippen LogP contribution in [-0.2, 0) is 28.6 Å². The molecule has 62 heavy (non-hydrogen) atoms. The number of carbonyl (C=O) groups excluding carboxylic acids is 3. The summed E-state index contributed by atoms with van der Waals surface area (Å²) in [5, 5.41) is 0. The second kappa shape index (κ2) is 50.5. The van der Waals surface area contributed by atoms with E-state index in [1.54, 1.807) is 0 Å². The molecule has 0 aliphatic carbocycles. The summed E-state index contributed by atoms with van der Waals surface area (Å²) >= 11 is 0. The van der Waals surface area contributed by atoms with Crippen LogP contribution in [0.3, 0.4) is 0 Å². The third kappa shape index (κ3) is 47.9. The van der Waals surface area contributed by atoms with Gasteiger partial charge >= 0.3 is 17.9 Å². The Kier molecular flexibility index (Phi) is 47.9. The predicted octanol–water partition coefficient (Wildman–Crippen LogP) is 17.0. The standard InChI is InChI=1S/C56H96O6/c1-4-7-10-13-16-19-22-24-26-27-28-30-31-34-37-40-43-46-49-55(58)61-52-53(51-60-54(57)48-45-42-39-36-33-21-18-15-12-9-6-3)62-56(59)50-47-44-41-38-35-32-29-25-23-20-17-14-11-8-5-2/h15,17-18,20-21,23,25-28,30,33,53H,4-14,16,19,22,24,29,31-32,34-52H2,1-3H3/b18-15-,20-17-,25-23-,27-26-,30-28-,33-21-. The maximum atomic E-state index is 12.8. The van der Waals surface area contributed by atoms with E-state index in [0.717, 1.165) is 103 Å². The Balaban J connectivity index is 4.43. The molecule has 0 aliphatic heterocycles. The molecule has 0 aromatic rings. The monoisotopic (exact) mass is 865 g/mol. The van der Waals surface area contributed by atoms with Gasteiger partial charge in [0.25, 0.3) is 0 Å². The van der Waals surface area contributed by atoms with Gasteiger partial charge in [0.1, 0.15) is 13.2 Å². The van der Waals surface area contributed by atoms with Gasteiger partial charge in [-0.15, -0.1) is 0 Å². The van der Waals surface area contributed by atoms with Gasteiger partial charge in [-0.25, -0.2) is 0 Å². The van der Waals surface area contributed by atoms with Gasteiger partial charge in [-0.1, -0.05) is 209 Å². The molecule has 0 saturated carbocycles. The van der Waals surface area contributed by atoms with E-state index in [1.165, 1.54) is 103 Å². The summed E-state index contributed by atoms with van der Waals surface area (Å²) in [5.41, 5.74) is 0. The van der Waals surface area contributed by atoms with Gasteiger partial charge in [0.2, 0.25) is 0 Å². The van der Waals surface area contributed by atoms with Gasteiger partial charge in [-0.3, -0.25) is 14.4 Å². The summed E-state index contributed by atoms with van der Waals surface area (Å²) in [4.78, 5) is 37.9. The van der Waals surface area contributed by atoms with Crippen molar-refractivity contribution in [2.45, 2.75) is 252 Å². The van der Waals surface area contributed by atoms with Gasteiger partial charge < -0.3 is 14.2 Å². The summed E-state index contributed by atoms with van der Waals surface area (Å²) in [6.45, 7) is 6.50. The quantitative estimate of drug-likeness (QED) is 0.0262. The molecule has 1 unspecified atom stereocenters. The largest absolute Gasteiger partial charge is 0.462 e. The topological polar surface area (TPSA) is 78.9 Å². The van der Waals surface area contributed by atoms with Crippen LogP contribution in [-0.4, -0.2) is 37.2 Å². The Bertz CT molecular complexity index is 1180. The van der Waals surface area contributed by atoms with E-state index in [-0.39, 0.29) is 31.1 Å². The molecule has 6 nitrogen and oxygen atoms in total. The first kappa shape index (κ1) is 58.9. The Morgan fingerprint density at radius 1 is 0.323 bits per heavy atom. The molecule has 356 valence electrons. The zero-order valence-corrected chi connectivity index (χ0v) is 40.6. The minimum atomic E-state index is -0.798. The lowest BCUT2D eigenvalue weighted by Crippen LogP contribution is -2.30. The van der Waals surface area contributed by atoms with E-state index in [2.05, 4.69) is 93.7 Å².